The zero-order chi connectivity index (χ0) is 8.58. The van der Waals surface area contributed by atoms with Gasteiger partial charge in [-0.05, 0) is 0 Å². The van der Waals surface area contributed by atoms with Gasteiger partial charge in [-0.1, -0.05) is 0 Å². The molecule has 0 fully saturated rings. The van der Waals surface area contributed by atoms with Crippen LogP contribution in [0.5, 0.6) is 0 Å². The van der Waals surface area contributed by atoms with Crippen LogP contribution in [0.2, 0.25) is 21.7 Å². The summed E-state index contributed by atoms with van der Waals surface area (Å²) in [6, 6.07) is 0. The van der Waals surface area contributed by atoms with Crippen LogP contribution < -0.4 is 0 Å². The van der Waals surface area contributed by atoms with Crippen molar-refractivity contribution in [3.8, 4) is 0 Å². The predicted molar refractivity (Wildman–Crippen MR) is 56.1 cm³/mol. The Balaban J connectivity index is 4.23. The standard InChI is InChI=1S/C2H4.4CH3.2ClH.2Sn/c1-2;;;;;;;;/h1H,2H3;4*1H3;2*1H;;/q;;;;;;;2*+1/p-2. The minimum absolute atomic E-state index is 0.715. The summed E-state index contributed by atoms with van der Waals surface area (Å²) < 4.78 is 0.715. The fourth-order valence-electron chi connectivity index (χ4n) is 0.816. The molecule has 0 saturated heterocycles. The first kappa shape index (κ1) is 12.2. The third-order valence-corrected chi connectivity index (χ3v) is 52.8. The van der Waals surface area contributed by atoms with Gasteiger partial charge in [0.05, 0.1) is 0 Å². The Kier molecular flexibility index (Phi) is 4.78. The van der Waals surface area contributed by atoms with E-state index in [2.05, 4.69) is 26.7 Å². The molecule has 0 aliphatic rings. The maximum absolute atomic E-state index is 6.35. The van der Waals surface area contributed by atoms with Gasteiger partial charge >= 0.3 is 81.0 Å². The van der Waals surface area contributed by atoms with E-state index in [-0.39, 0.29) is 0 Å². The molecule has 0 bridgehead atoms. The van der Waals surface area contributed by atoms with Crippen LogP contribution >= 0.6 is 17.8 Å². The molecule has 0 spiro atoms. The van der Waals surface area contributed by atoms with E-state index in [0.29, 0.717) is 1.95 Å². The molecule has 0 amide bonds. The van der Waals surface area contributed by atoms with Crippen molar-refractivity contribution in [3.05, 3.63) is 0 Å². The van der Waals surface area contributed by atoms with Crippen LogP contribution in [-0.4, -0.2) is 34.5 Å². The molecular formula is C6H16Cl2Sn2. The summed E-state index contributed by atoms with van der Waals surface area (Å²) in [5.41, 5.74) is 0. The van der Waals surface area contributed by atoms with Gasteiger partial charge in [0.15, 0.2) is 0 Å². The van der Waals surface area contributed by atoms with E-state index >= 15 is 0 Å². The van der Waals surface area contributed by atoms with Gasteiger partial charge < -0.3 is 0 Å². The average molecular weight is 397 g/mol. The summed E-state index contributed by atoms with van der Waals surface area (Å²) in [6.07, 6.45) is 0. The predicted octanol–water partition coefficient (Wildman–Crippen LogP) is 3.80. The molecule has 0 heterocycles. The summed E-state index contributed by atoms with van der Waals surface area (Å²) in [5, 5.41) is 0. The summed E-state index contributed by atoms with van der Waals surface area (Å²) in [5.74, 6) is 0. The van der Waals surface area contributed by atoms with E-state index in [1.807, 2.05) is 0 Å². The van der Waals surface area contributed by atoms with E-state index in [1.165, 1.54) is 0 Å². The zero-order valence-corrected chi connectivity index (χ0v) is 14.6. The number of hydrogen-bond acceptors (Lipinski definition) is 0. The van der Waals surface area contributed by atoms with Crippen LogP contribution in [0.3, 0.4) is 0 Å². The van der Waals surface area contributed by atoms with Crippen molar-refractivity contribution in [1.29, 1.82) is 0 Å². The Morgan fingerprint density at radius 2 is 1.10 bits per heavy atom. The van der Waals surface area contributed by atoms with Crippen molar-refractivity contribution in [1.82, 2.24) is 0 Å². The Morgan fingerprint density at radius 3 is 1.10 bits per heavy atom. The van der Waals surface area contributed by atoms with Crippen LogP contribution in [-0.2, 0) is 0 Å². The first-order chi connectivity index (χ1) is 4.15. The quantitative estimate of drug-likeness (QED) is 0.623. The van der Waals surface area contributed by atoms with Crippen molar-refractivity contribution >= 4 is 52.3 Å². The molecule has 0 unspecified atom stereocenters. The van der Waals surface area contributed by atoms with Gasteiger partial charge in [0.2, 0.25) is 0 Å². The van der Waals surface area contributed by atoms with Gasteiger partial charge in [0, 0.05) is 0 Å². The molecule has 0 N–H and O–H groups in total. The molecule has 4 heteroatoms. The number of rotatable bonds is 2. The monoisotopic (exact) mass is 398 g/mol. The van der Waals surface area contributed by atoms with E-state index in [1.54, 1.807) is 0 Å². The molecule has 0 nitrogen and oxygen atoms in total. The Bertz CT molecular complexity index is 97.9. The number of hydrogen-bond donors (Lipinski definition) is 0. The first-order valence-electron chi connectivity index (χ1n) is 3.53. The summed E-state index contributed by atoms with van der Waals surface area (Å²) in [7, 11) is 12.7. The van der Waals surface area contributed by atoms with Crippen LogP contribution in [0.25, 0.3) is 0 Å². The molecule has 0 aromatic rings. The van der Waals surface area contributed by atoms with Gasteiger partial charge in [0.25, 0.3) is 0 Å². The third-order valence-electron chi connectivity index (χ3n) is 2.06. The molecule has 0 rings (SSSR count). The average Bonchev–Trinajstić information content (AvgIpc) is 1.59. The first-order valence-corrected chi connectivity index (χ1v) is 25.5. The van der Waals surface area contributed by atoms with E-state index in [4.69, 9.17) is 17.8 Å². The van der Waals surface area contributed by atoms with Crippen molar-refractivity contribution < 1.29 is 0 Å². The molecule has 0 aromatic carbocycles. The van der Waals surface area contributed by atoms with Gasteiger partial charge in [0.1, 0.15) is 0 Å². The molecule has 10 heavy (non-hydrogen) atoms. The summed E-state index contributed by atoms with van der Waals surface area (Å²) >= 11 is -4.30. The Hall–Kier alpha value is 2.18. The van der Waals surface area contributed by atoms with Crippen LogP contribution in [0.4, 0.5) is 0 Å². The molecule has 0 saturated carbocycles. The fraction of sp³-hybridized carbons (Fsp3) is 1.00. The van der Waals surface area contributed by atoms with Crippen molar-refractivity contribution in [2.75, 3.05) is 0 Å². The van der Waals surface area contributed by atoms with Crippen LogP contribution in [0.1, 0.15) is 6.92 Å². The molecule has 0 atom stereocenters. The van der Waals surface area contributed by atoms with Gasteiger partial charge in [-0.3, -0.25) is 0 Å². The normalized spacial score (nSPS) is 14.4. The number of halogens is 2. The second-order valence-corrected chi connectivity index (χ2v) is 44.4. The summed E-state index contributed by atoms with van der Waals surface area (Å²) in [6.45, 7) is 2.26. The molecule has 0 aliphatic heterocycles. The van der Waals surface area contributed by atoms with Crippen LogP contribution in [0, 0.1) is 0 Å². The van der Waals surface area contributed by atoms with Gasteiger partial charge in [-0.2, -0.15) is 0 Å². The maximum atomic E-state index is 6.35. The second-order valence-electron chi connectivity index (χ2n) is 3.85. The fourth-order valence-corrected chi connectivity index (χ4v) is 63.8. The zero-order valence-electron chi connectivity index (χ0n) is 7.33. The summed E-state index contributed by atoms with van der Waals surface area (Å²) in [4.78, 5) is 9.01. The molecule has 0 radical (unpaired) electrons. The Morgan fingerprint density at radius 1 is 0.900 bits per heavy atom. The third kappa shape index (κ3) is 4.26. The minimum atomic E-state index is -2.15. The van der Waals surface area contributed by atoms with E-state index in [9.17, 15) is 0 Å². The molecular weight excluding hydrogens is 380 g/mol. The second kappa shape index (κ2) is 3.92. The van der Waals surface area contributed by atoms with E-state index in [0.717, 1.165) is 0 Å². The topological polar surface area (TPSA) is 0 Å². The van der Waals surface area contributed by atoms with Crippen molar-refractivity contribution in [2.24, 2.45) is 0 Å². The SMILES string of the molecule is C[CH]([Sn]([CH3])([CH3])[Cl])[Sn]([CH3])([CH3])[Cl]. The molecule has 62 valence electrons. The molecule has 0 aliphatic carbocycles. The Labute approximate surface area is 79.8 Å². The van der Waals surface area contributed by atoms with Crippen molar-refractivity contribution in [3.63, 3.8) is 0 Å². The molecule has 0 aromatic heterocycles. The van der Waals surface area contributed by atoms with Crippen molar-refractivity contribution in [2.45, 2.75) is 28.6 Å². The van der Waals surface area contributed by atoms with Gasteiger partial charge in [-0.15, -0.1) is 0 Å². The van der Waals surface area contributed by atoms with Gasteiger partial charge in [-0.25, -0.2) is 0 Å². The van der Waals surface area contributed by atoms with E-state index < -0.39 is 34.5 Å². The van der Waals surface area contributed by atoms with Crippen LogP contribution in [0.15, 0.2) is 0 Å².